The first-order chi connectivity index (χ1) is 16.8. The Morgan fingerprint density at radius 1 is 1.03 bits per heavy atom. The van der Waals surface area contributed by atoms with Gasteiger partial charge < -0.3 is 10.2 Å². The molecule has 1 N–H and O–H groups in total. The maximum atomic E-state index is 13.7. The van der Waals surface area contributed by atoms with Crippen molar-refractivity contribution in [2.75, 3.05) is 23.7 Å². The Balaban J connectivity index is 2.50. The van der Waals surface area contributed by atoms with Crippen LogP contribution in [0.2, 0.25) is 20.1 Å². The average molecular weight is 597 g/mol. The van der Waals surface area contributed by atoms with Gasteiger partial charge in [0.2, 0.25) is 21.8 Å². The lowest BCUT2D eigenvalue weighted by atomic mass is 10.1. The first kappa shape index (κ1) is 30.5. The van der Waals surface area contributed by atoms with Crippen LogP contribution in [0, 0.1) is 5.92 Å². The molecule has 0 saturated heterocycles. The standard InChI is InChI=1S/C24H29Cl4N3O4S/c1-5-20(24(33)29-12-15(2)3)30(13-16-9-10-17(25)11-19(16)27)22(32)14-31(36(4,34)35)21-8-6-7-18(26)23(21)28/h6-11,15,20H,5,12-14H2,1-4H3,(H,29,33)/t20-/m0/s1. The van der Waals surface area contributed by atoms with Crippen LogP contribution in [0.1, 0.15) is 32.8 Å². The fraction of sp³-hybridized carbons (Fsp3) is 0.417. The number of carbonyl (C=O) groups is 2. The van der Waals surface area contributed by atoms with Gasteiger partial charge in [0.05, 0.1) is 22.0 Å². The third kappa shape index (κ3) is 8.15. The van der Waals surface area contributed by atoms with Crippen LogP contribution in [0.4, 0.5) is 5.69 Å². The normalized spacial score (nSPS) is 12.4. The summed E-state index contributed by atoms with van der Waals surface area (Å²) < 4.78 is 26.3. The number of rotatable bonds is 11. The minimum absolute atomic E-state index is 0.00796. The maximum absolute atomic E-state index is 13.7. The van der Waals surface area contributed by atoms with Crippen LogP contribution in [0.3, 0.4) is 0 Å². The summed E-state index contributed by atoms with van der Waals surface area (Å²) in [4.78, 5) is 28.1. The van der Waals surface area contributed by atoms with Gasteiger partial charge in [-0.15, -0.1) is 0 Å². The van der Waals surface area contributed by atoms with Crippen LogP contribution in [0.5, 0.6) is 0 Å². The van der Waals surface area contributed by atoms with E-state index in [1.165, 1.54) is 29.2 Å². The van der Waals surface area contributed by atoms with Gasteiger partial charge >= 0.3 is 0 Å². The van der Waals surface area contributed by atoms with Crippen molar-refractivity contribution in [1.82, 2.24) is 10.2 Å². The molecule has 0 fully saturated rings. The zero-order valence-corrected chi connectivity index (χ0v) is 24.2. The lowest BCUT2D eigenvalue weighted by Crippen LogP contribution is -2.52. The van der Waals surface area contributed by atoms with E-state index >= 15 is 0 Å². The molecule has 0 heterocycles. The highest BCUT2D eigenvalue weighted by atomic mass is 35.5. The first-order valence-corrected chi connectivity index (χ1v) is 14.5. The minimum atomic E-state index is -3.95. The highest BCUT2D eigenvalue weighted by Crippen LogP contribution is 2.34. The summed E-state index contributed by atoms with van der Waals surface area (Å²) in [6.07, 6.45) is 1.25. The highest BCUT2D eigenvalue weighted by Gasteiger charge is 2.32. The zero-order chi connectivity index (χ0) is 27.2. The van der Waals surface area contributed by atoms with E-state index in [9.17, 15) is 18.0 Å². The number of sulfonamides is 1. The molecule has 0 aliphatic rings. The molecule has 0 saturated carbocycles. The van der Waals surface area contributed by atoms with Crippen LogP contribution in [0.25, 0.3) is 0 Å². The molecule has 2 aromatic rings. The van der Waals surface area contributed by atoms with Crippen LogP contribution < -0.4 is 9.62 Å². The van der Waals surface area contributed by atoms with Gasteiger partial charge in [-0.2, -0.15) is 0 Å². The number of halogens is 4. The molecule has 0 aromatic heterocycles. The number of nitrogens with one attached hydrogen (secondary N) is 1. The Labute approximate surface area is 232 Å². The molecule has 0 unspecified atom stereocenters. The molecule has 2 rings (SSSR count). The summed E-state index contributed by atoms with van der Waals surface area (Å²) in [5.74, 6) is -0.766. The van der Waals surface area contributed by atoms with Gasteiger partial charge in [0.15, 0.2) is 0 Å². The van der Waals surface area contributed by atoms with Crippen molar-refractivity contribution >= 4 is 73.9 Å². The second-order valence-electron chi connectivity index (χ2n) is 8.66. The van der Waals surface area contributed by atoms with Crippen molar-refractivity contribution < 1.29 is 18.0 Å². The van der Waals surface area contributed by atoms with E-state index in [-0.39, 0.29) is 40.5 Å². The zero-order valence-electron chi connectivity index (χ0n) is 20.4. The molecule has 12 heteroatoms. The monoisotopic (exact) mass is 595 g/mol. The summed E-state index contributed by atoms with van der Waals surface area (Å²) in [5, 5.41) is 3.72. The van der Waals surface area contributed by atoms with Crippen LogP contribution in [-0.2, 0) is 26.2 Å². The molecule has 7 nitrogen and oxygen atoms in total. The molecule has 0 aliphatic heterocycles. The number of hydrogen-bond acceptors (Lipinski definition) is 4. The quantitative estimate of drug-likeness (QED) is 0.363. The molecule has 0 bridgehead atoms. The molecule has 0 spiro atoms. The van der Waals surface area contributed by atoms with E-state index < -0.39 is 28.5 Å². The first-order valence-electron chi connectivity index (χ1n) is 11.2. The van der Waals surface area contributed by atoms with Gasteiger partial charge in [0.25, 0.3) is 0 Å². The van der Waals surface area contributed by atoms with E-state index in [0.29, 0.717) is 22.2 Å². The third-order valence-electron chi connectivity index (χ3n) is 5.31. The van der Waals surface area contributed by atoms with Gasteiger partial charge in [-0.05, 0) is 42.2 Å². The fourth-order valence-corrected chi connectivity index (χ4v) is 5.23. The average Bonchev–Trinajstić information content (AvgIpc) is 2.78. The van der Waals surface area contributed by atoms with E-state index in [1.807, 2.05) is 13.8 Å². The number of hydrogen-bond donors (Lipinski definition) is 1. The molecule has 2 aromatic carbocycles. The topological polar surface area (TPSA) is 86.8 Å². The lowest BCUT2D eigenvalue weighted by molar-refractivity contribution is -0.140. The van der Waals surface area contributed by atoms with Crippen LogP contribution in [-0.4, -0.2) is 50.5 Å². The molecule has 36 heavy (non-hydrogen) atoms. The van der Waals surface area contributed by atoms with Crippen molar-refractivity contribution in [2.24, 2.45) is 5.92 Å². The van der Waals surface area contributed by atoms with Gasteiger partial charge in [-0.3, -0.25) is 13.9 Å². The Morgan fingerprint density at radius 2 is 1.69 bits per heavy atom. The second-order valence-corrected chi connectivity index (χ2v) is 12.2. The molecule has 1 atom stereocenters. The molecule has 198 valence electrons. The van der Waals surface area contributed by atoms with E-state index in [4.69, 9.17) is 46.4 Å². The maximum Gasteiger partial charge on any atom is 0.244 e. The smallest absolute Gasteiger partial charge is 0.244 e. The number of anilines is 1. The van der Waals surface area contributed by atoms with Gasteiger partial charge in [0.1, 0.15) is 12.6 Å². The van der Waals surface area contributed by atoms with Crippen molar-refractivity contribution in [3.8, 4) is 0 Å². The van der Waals surface area contributed by atoms with Crippen molar-refractivity contribution in [3.05, 3.63) is 62.1 Å². The third-order valence-corrected chi connectivity index (χ3v) is 7.83. The molecule has 2 amide bonds. The van der Waals surface area contributed by atoms with Gasteiger partial charge in [0, 0.05) is 23.1 Å². The molecule has 0 aliphatic carbocycles. The van der Waals surface area contributed by atoms with Crippen molar-refractivity contribution in [3.63, 3.8) is 0 Å². The largest absolute Gasteiger partial charge is 0.354 e. The Hall–Kier alpha value is -1.71. The van der Waals surface area contributed by atoms with Crippen molar-refractivity contribution in [1.29, 1.82) is 0 Å². The number of nitrogens with zero attached hydrogens (tertiary/aromatic N) is 2. The predicted octanol–water partition coefficient (Wildman–Crippen LogP) is 5.65. The van der Waals surface area contributed by atoms with E-state index in [1.54, 1.807) is 19.1 Å². The summed E-state index contributed by atoms with van der Waals surface area (Å²) >= 11 is 24.7. The molecule has 0 radical (unpaired) electrons. The Kier molecular flexibility index (Phi) is 11.2. The lowest BCUT2D eigenvalue weighted by Gasteiger charge is -2.33. The van der Waals surface area contributed by atoms with E-state index in [0.717, 1.165) is 10.6 Å². The van der Waals surface area contributed by atoms with Gasteiger partial charge in [-0.1, -0.05) is 79.3 Å². The SMILES string of the molecule is CC[C@@H](C(=O)NCC(C)C)N(Cc1ccc(Cl)cc1Cl)C(=O)CN(c1cccc(Cl)c1Cl)S(C)(=O)=O. The molecular formula is C24H29Cl4N3O4S. The summed E-state index contributed by atoms with van der Waals surface area (Å²) in [6.45, 7) is 5.46. The highest BCUT2D eigenvalue weighted by molar-refractivity contribution is 7.92. The summed E-state index contributed by atoms with van der Waals surface area (Å²) in [6, 6.07) is 8.44. The second kappa shape index (κ2) is 13.2. The minimum Gasteiger partial charge on any atom is -0.354 e. The number of amides is 2. The van der Waals surface area contributed by atoms with Crippen LogP contribution >= 0.6 is 46.4 Å². The summed E-state index contributed by atoms with van der Waals surface area (Å²) in [7, 11) is -3.95. The summed E-state index contributed by atoms with van der Waals surface area (Å²) in [5.41, 5.74) is 0.609. The number of carbonyl (C=O) groups excluding carboxylic acids is 2. The van der Waals surface area contributed by atoms with Crippen LogP contribution in [0.15, 0.2) is 36.4 Å². The Morgan fingerprint density at radius 3 is 2.25 bits per heavy atom. The van der Waals surface area contributed by atoms with Crippen molar-refractivity contribution in [2.45, 2.75) is 39.8 Å². The number of benzene rings is 2. The fourth-order valence-electron chi connectivity index (χ4n) is 3.46. The predicted molar refractivity (Wildman–Crippen MR) is 148 cm³/mol. The molecular weight excluding hydrogens is 568 g/mol. The van der Waals surface area contributed by atoms with E-state index in [2.05, 4.69) is 5.32 Å². The van der Waals surface area contributed by atoms with Gasteiger partial charge in [-0.25, -0.2) is 8.42 Å². The Bertz CT molecular complexity index is 1210.